The van der Waals surface area contributed by atoms with Gasteiger partial charge in [0, 0.05) is 6.54 Å². The standard InChI is InChI=1S/C9H12Cl2N4/c1-2-15(9(12)14-13)8-6(10)4-3-5-7(8)11/h3-5H,2,13H2,1H3,(H2,12,14). The topological polar surface area (TPSA) is 67.6 Å². The summed E-state index contributed by atoms with van der Waals surface area (Å²) in [6.45, 7) is 2.48. The number of guanidine groups is 1. The van der Waals surface area contributed by atoms with Gasteiger partial charge in [0.25, 0.3) is 0 Å². The Morgan fingerprint density at radius 1 is 1.40 bits per heavy atom. The Labute approximate surface area is 98.4 Å². The molecule has 0 bridgehead atoms. The lowest BCUT2D eigenvalue weighted by Crippen LogP contribution is -2.38. The van der Waals surface area contributed by atoms with Crippen molar-refractivity contribution in [3.8, 4) is 0 Å². The van der Waals surface area contributed by atoms with Crippen LogP contribution < -0.4 is 16.5 Å². The molecule has 1 rings (SSSR count). The molecule has 0 aliphatic heterocycles. The van der Waals surface area contributed by atoms with Gasteiger partial charge in [-0.25, -0.2) is 0 Å². The zero-order chi connectivity index (χ0) is 11.4. The van der Waals surface area contributed by atoms with Crippen LogP contribution in [0.3, 0.4) is 0 Å². The summed E-state index contributed by atoms with van der Waals surface area (Å²) >= 11 is 12.1. The number of hydrogen-bond acceptors (Lipinski definition) is 2. The molecule has 15 heavy (non-hydrogen) atoms. The van der Waals surface area contributed by atoms with Gasteiger partial charge in [-0.3, -0.25) is 0 Å². The first-order valence-corrected chi connectivity index (χ1v) is 5.12. The Morgan fingerprint density at radius 3 is 2.33 bits per heavy atom. The maximum absolute atomic E-state index is 6.03. The molecule has 0 saturated heterocycles. The van der Waals surface area contributed by atoms with Gasteiger partial charge in [-0.05, 0) is 19.1 Å². The van der Waals surface area contributed by atoms with E-state index in [-0.39, 0.29) is 5.96 Å². The Bertz CT molecular complexity index is 358. The molecular weight excluding hydrogens is 235 g/mol. The number of anilines is 1. The molecule has 1 aromatic rings. The highest BCUT2D eigenvalue weighted by molar-refractivity contribution is 6.39. The van der Waals surface area contributed by atoms with Crippen LogP contribution in [-0.4, -0.2) is 12.5 Å². The minimum absolute atomic E-state index is 0.174. The molecule has 4 nitrogen and oxygen atoms in total. The number of para-hydroxylation sites is 1. The van der Waals surface area contributed by atoms with Gasteiger partial charge < -0.3 is 16.5 Å². The molecule has 0 aromatic heterocycles. The fraction of sp³-hybridized carbons (Fsp3) is 0.222. The summed E-state index contributed by atoms with van der Waals surface area (Å²) in [5.41, 5.74) is 6.25. The first kappa shape index (κ1) is 11.9. The maximum atomic E-state index is 6.03. The van der Waals surface area contributed by atoms with Gasteiger partial charge >= 0.3 is 0 Å². The summed E-state index contributed by atoms with van der Waals surface area (Å²) in [6.07, 6.45) is 0. The largest absolute Gasteiger partial charge is 0.368 e. The molecule has 0 heterocycles. The summed E-state index contributed by atoms with van der Waals surface area (Å²) in [4.78, 5) is 1.64. The van der Waals surface area contributed by atoms with E-state index in [9.17, 15) is 0 Å². The van der Waals surface area contributed by atoms with E-state index in [1.807, 2.05) is 6.92 Å². The summed E-state index contributed by atoms with van der Waals surface area (Å²) in [5.74, 6) is 5.29. The van der Waals surface area contributed by atoms with Crippen LogP contribution in [0.5, 0.6) is 0 Å². The number of nitrogens with zero attached hydrogens (tertiary/aromatic N) is 2. The van der Waals surface area contributed by atoms with Gasteiger partial charge in [-0.2, -0.15) is 0 Å². The minimum Gasteiger partial charge on any atom is -0.368 e. The van der Waals surface area contributed by atoms with E-state index in [4.69, 9.17) is 34.8 Å². The Kier molecular flexibility index (Phi) is 4.05. The fourth-order valence-corrected chi connectivity index (χ4v) is 1.85. The molecule has 0 atom stereocenters. The predicted octanol–water partition coefficient (Wildman–Crippen LogP) is 2.01. The minimum atomic E-state index is 0.174. The molecule has 6 heteroatoms. The fourth-order valence-electron chi connectivity index (χ4n) is 1.25. The van der Waals surface area contributed by atoms with Crippen molar-refractivity contribution in [1.29, 1.82) is 0 Å². The number of halogens is 2. The van der Waals surface area contributed by atoms with Crippen LogP contribution in [0, 0.1) is 0 Å². The normalized spacial score (nSPS) is 11.5. The van der Waals surface area contributed by atoms with Crippen LogP contribution in [0.4, 0.5) is 5.69 Å². The molecule has 0 amide bonds. The van der Waals surface area contributed by atoms with Crippen molar-refractivity contribution in [3.05, 3.63) is 28.2 Å². The molecule has 1 aromatic carbocycles. The predicted molar refractivity (Wildman–Crippen MR) is 65.3 cm³/mol. The van der Waals surface area contributed by atoms with Crippen LogP contribution in [0.15, 0.2) is 23.3 Å². The molecule has 0 aliphatic rings. The third-order valence-corrected chi connectivity index (χ3v) is 2.54. The zero-order valence-electron chi connectivity index (χ0n) is 8.24. The van der Waals surface area contributed by atoms with Gasteiger partial charge in [0.05, 0.1) is 15.7 Å². The van der Waals surface area contributed by atoms with E-state index < -0.39 is 0 Å². The lowest BCUT2D eigenvalue weighted by Gasteiger charge is -2.23. The van der Waals surface area contributed by atoms with Crippen LogP contribution >= 0.6 is 23.2 Å². The van der Waals surface area contributed by atoms with E-state index in [1.54, 1.807) is 23.1 Å². The van der Waals surface area contributed by atoms with Crippen LogP contribution in [0.1, 0.15) is 6.92 Å². The van der Waals surface area contributed by atoms with E-state index in [1.165, 1.54) is 0 Å². The SMILES string of the molecule is CCN(/C(N)=N/N)c1c(Cl)cccc1Cl. The lowest BCUT2D eigenvalue weighted by molar-refractivity contribution is 1.02. The number of hydrazone groups is 1. The van der Waals surface area contributed by atoms with Crippen molar-refractivity contribution in [1.82, 2.24) is 0 Å². The molecule has 0 spiro atoms. The smallest absolute Gasteiger partial charge is 0.217 e. The third kappa shape index (κ3) is 2.46. The Hall–Kier alpha value is -1.13. The number of hydrogen-bond donors (Lipinski definition) is 2. The lowest BCUT2D eigenvalue weighted by atomic mass is 10.3. The van der Waals surface area contributed by atoms with Gasteiger partial charge in [0.1, 0.15) is 0 Å². The second kappa shape index (κ2) is 5.09. The highest BCUT2D eigenvalue weighted by Crippen LogP contribution is 2.33. The highest BCUT2D eigenvalue weighted by atomic mass is 35.5. The molecule has 4 N–H and O–H groups in total. The summed E-state index contributed by atoms with van der Waals surface area (Å²) in [5, 5.41) is 4.44. The van der Waals surface area contributed by atoms with E-state index in [2.05, 4.69) is 5.10 Å². The van der Waals surface area contributed by atoms with Crippen molar-refractivity contribution >= 4 is 34.8 Å². The molecule has 0 aliphatic carbocycles. The van der Waals surface area contributed by atoms with Gasteiger partial charge in [-0.15, -0.1) is 5.10 Å². The van der Waals surface area contributed by atoms with Crippen LogP contribution in [0.25, 0.3) is 0 Å². The molecule has 0 unspecified atom stereocenters. The molecular formula is C9H12Cl2N4. The molecule has 0 fully saturated rings. The first-order valence-electron chi connectivity index (χ1n) is 4.36. The zero-order valence-corrected chi connectivity index (χ0v) is 9.76. The highest BCUT2D eigenvalue weighted by Gasteiger charge is 2.15. The Balaban J connectivity index is 3.23. The second-order valence-corrected chi connectivity index (χ2v) is 3.62. The maximum Gasteiger partial charge on any atom is 0.217 e. The monoisotopic (exact) mass is 246 g/mol. The quantitative estimate of drug-likeness (QED) is 0.363. The van der Waals surface area contributed by atoms with Crippen molar-refractivity contribution in [3.63, 3.8) is 0 Å². The van der Waals surface area contributed by atoms with E-state index in [0.717, 1.165) is 0 Å². The summed E-state index contributed by atoms with van der Waals surface area (Å²) in [7, 11) is 0. The van der Waals surface area contributed by atoms with Crippen molar-refractivity contribution in [2.75, 3.05) is 11.4 Å². The van der Waals surface area contributed by atoms with Crippen molar-refractivity contribution < 1.29 is 0 Å². The summed E-state index contributed by atoms with van der Waals surface area (Å²) in [6, 6.07) is 5.22. The van der Waals surface area contributed by atoms with Gasteiger partial charge in [0.2, 0.25) is 5.96 Å². The first-order chi connectivity index (χ1) is 7.11. The molecule has 0 radical (unpaired) electrons. The van der Waals surface area contributed by atoms with Crippen LogP contribution in [-0.2, 0) is 0 Å². The number of nitrogens with two attached hydrogens (primary N) is 2. The average molecular weight is 247 g/mol. The van der Waals surface area contributed by atoms with Gasteiger partial charge in [0.15, 0.2) is 0 Å². The summed E-state index contributed by atoms with van der Waals surface area (Å²) < 4.78 is 0. The second-order valence-electron chi connectivity index (χ2n) is 2.80. The van der Waals surface area contributed by atoms with Crippen molar-refractivity contribution in [2.24, 2.45) is 16.7 Å². The Morgan fingerprint density at radius 2 is 1.93 bits per heavy atom. The average Bonchev–Trinajstić information content (AvgIpc) is 2.22. The van der Waals surface area contributed by atoms with E-state index >= 15 is 0 Å². The van der Waals surface area contributed by atoms with Crippen LogP contribution in [0.2, 0.25) is 10.0 Å². The number of rotatable bonds is 2. The molecule has 82 valence electrons. The van der Waals surface area contributed by atoms with Crippen molar-refractivity contribution in [2.45, 2.75) is 6.92 Å². The molecule has 0 saturated carbocycles. The third-order valence-electron chi connectivity index (χ3n) is 1.93. The number of benzene rings is 1. The van der Waals surface area contributed by atoms with Gasteiger partial charge in [-0.1, -0.05) is 29.3 Å². The van der Waals surface area contributed by atoms with E-state index in [0.29, 0.717) is 22.3 Å².